The van der Waals surface area contributed by atoms with E-state index in [0.29, 0.717) is 17.7 Å². The summed E-state index contributed by atoms with van der Waals surface area (Å²) < 4.78 is 0. The van der Waals surface area contributed by atoms with Crippen LogP contribution in [0.25, 0.3) is 21.9 Å². The standard InChI is InChI=1S/C30H30N2O3S.Li.H/c1-20-7-3-5-9-24(20)27-17-21(11-13-23-19-31-18-22-8-4-6-10-25(22)23)12-14-26(27)29(33)32-28(30(34)35)15-16-36-2;;/h3-10,12,14,17-19,28H,11,13,15-16H2,1-2H3,(H,32,33)(H,34,35);;/q;+1;-1/t28-;;/m0../s1. The van der Waals surface area contributed by atoms with Crippen molar-refractivity contribution >= 4 is 34.4 Å². The Bertz CT molecular complexity index is 1390. The van der Waals surface area contributed by atoms with Crippen LogP contribution < -0.4 is 24.2 Å². The Morgan fingerprint density at radius 3 is 2.51 bits per heavy atom. The summed E-state index contributed by atoms with van der Waals surface area (Å²) in [6, 6.07) is 21.1. The third-order valence-electron chi connectivity index (χ3n) is 6.41. The SMILES string of the molecule is CSCC[C@H](NC(=O)c1ccc(CCc2cncc3ccccc23)cc1-c1ccccc1C)C(=O)O.[H-].[Li+]. The summed E-state index contributed by atoms with van der Waals surface area (Å²) in [4.78, 5) is 29.4. The van der Waals surface area contributed by atoms with E-state index in [4.69, 9.17) is 0 Å². The number of aromatic nitrogens is 1. The fraction of sp³-hybridized carbons (Fsp3) is 0.233. The van der Waals surface area contributed by atoms with Gasteiger partial charge in [0.25, 0.3) is 5.91 Å². The molecule has 1 atom stereocenters. The summed E-state index contributed by atoms with van der Waals surface area (Å²) in [5.74, 6) is -0.731. The zero-order chi connectivity index (χ0) is 25.5. The molecule has 3 aromatic carbocycles. The van der Waals surface area contributed by atoms with E-state index < -0.39 is 12.0 Å². The zero-order valence-corrected chi connectivity index (χ0v) is 22.3. The molecule has 0 bridgehead atoms. The van der Waals surface area contributed by atoms with Crippen molar-refractivity contribution in [3.05, 3.63) is 101 Å². The second-order valence-corrected chi connectivity index (χ2v) is 9.85. The molecule has 0 aliphatic heterocycles. The summed E-state index contributed by atoms with van der Waals surface area (Å²) in [6.45, 7) is 2.02. The Kier molecular flexibility index (Phi) is 10.4. The van der Waals surface area contributed by atoms with Crippen LogP contribution in [0.15, 0.2) is 79.1 Å². The number of rotatable bonds is 10. The number of fused-ring (bicyclic) bond motifs is 1. The maximum absolute atomic E-state index is 13.3. The fourth-order valence-electron chi connectivity index (χ4n) is 4.43. The fourth-order valence-corrected chi connectivity index (χ4v) is 4.90. The first-order valence-corrected chi connectivity index (χ1v) is 13.4. The molecule has 0 fully saturated rings. The Labute approximate surface area is 235 Å². The Balaban J connectivity index is 0.00000253. The van der Waals surface area contributed by atoms with Gasteiger partial charge in [-0.3, -0.25) is 9.78 Å². The average Bonchev–Trinajstić information content (AvgIpc) is 2.89. The molecule has 0 aliphatic rings. The molecule has 0 radical (unpaired) electrons. The van der Waals surface area contributed by atoms with Gasteiger partial charge in [0.05, 0.1) is 0 Å². The number of carboxylic acids is 1. The number of nitrogens with zero attached hydrogens (tertiary/aromatic N) is 1. The molecule has 2 N–H and O–H groups in total. The van der Waals surface area contributed by atoms with Crippen LogP contribution >= 0.6 is 11.8 Å². The van der Waals surface area contributed by atoms with Gasteiger partial charge in [-0.05, 0) is 77.5 Å². The largest absolute Gasteiger partial charge is 1.00 e. The Hall–Kier alpha value is -3.04. The predicted octanol–water partition coefficient (Wildman–Crippen LogP) is 3.05. The van der Waals surface area contributed by atoms with Crippen molar-refractivity contribution < 1.29 is 35.0 Å². The maximum atomic E-state index is 13.3. The molecular weight excluding hydrogens is 475 g/mol. The summed E-state index contributed by atoms with van der Waals surface area (Å²) in [5.41, 5.74) is 5.61. The molecule has 1 aromatic heterocycles. The smallest absolute Gasteiger partial charge is 1.00 e. The van der Waals surface area contributed by atoms with E-state index in [2.05, 4.69) is 28.5 Å². The Morgan fingerprint density at radius 2 is 1.76 bits per heavy atom. The third kappa shape index (κ3) is 7.05. The second kappa shape index (κ2) is 13.5. The minimum absolute atomic E-state index is 0. The normalized spacial score (nSPS) is 11.5. The van der Waals surface area contributed by atoms with Crippen LogP contribution in [0.1, 0.15) is 34.9 Å². The van der Waals surface area contributed by atoms with Gasteiger partial charge in [-0.1, -0.05) is 60.7 Å². The van der Waals surface area contributed by atoms with Gasteiger partial charge >= 0.3 is 24.8 Å². The van der Waals surface area contributed by atoms with Gasteiger partial charge in [0.1, 0.15) is 6.04 Å². The third-order valence-corrected chi connectivity index (χ3v) is 7.06. The van der Waals surface area contributed by atoms with Crippen LogP contribution in [0, 0.1) is 6.92 Å². The van der Waals surface area contributed by atoms with Gasteiger partial charge in [-0.15, -0.1) is 0 Å². The number of nitrogens with one attached hydrogen (secondary N) is 1. The molecule has 4 aromatic rings. The number of carbonyl (C=O) groups excluding carboxylic acids is 1. The van der Waals surface area contributed by atoms with Gasteiger partial charge < -0.3 is 11.8 Å². The first-order chi connectivity index (χ1) is 17.5. The molecule has 1 heterocycles. The molecule has 186 valence electrons. The molecule has 7 heteroatoms. The molecule has 0 aliphatic carbocycles. The van der Waals surface area contributed by atoms with Crippen molar-refractivity contribution in [2.45, 2.75) is 32.2 Å². The monoisotopic (exact) mass is 506 g/mol. The number of aliphatic carboxylic acids is 1. The first-order valence-electron chi connectivity index (χ1n) is 12.0. The van der Waals surface area contributed by atoms with Crippen molar-refractivity contribution in [2.24, 2.45) is 0 Å². The number of amides is 1. The van der Waals surface area contributed by atoms with Crippen LogP contribution in [-0.4, -0.2) is 40.0 Å². The number of aryl methyl sites for hydroxylation is 3. The molecule has 5 nitrogen and oxygen atoms in total. The van der Waals surface area contributed by atoms with Crippen LogP contribution in [0.3, 0.4) is 0 Å². The minimum Gasteiger partial charge on any atom is -1.00 e. The van der Waals surface area contributed by atoms with E-state index in [1.807, 2.05) is 74.1 Å². The number of carbonyl (C=O) groups is 2. The van der Waals surface area contributed by atoms with Crippen molar-refractivity contribution in [3.8, 4) is 11.1 Å². The van der Waals surface area contributed by atoms with Gasteiger partial charge in [0.2, 0.25) is 0 Å². The molecule has 4 rings (SSSR count). The molecule has 0 saturated heterocycles. The first kappa shape index (κ1) is 28.5. The number of benzene rings is 3. The number of thioether (sulfide) groups is 1. The van der Waals surface area contributed by atoms with Gasteiger partial charge in [-0.2, -0.15) is 11.8 Å². The number of pyridine rings is 1. The van der Waals surface area contributed by atoms with E-state index >= 15 is 0 Å². The van der Waals surface area contributed by atoms with E-state index in [1.165, 1.54) is 10.9 Å². The van der Waals surface area contributed by atoms with Crippen LogP contribution in [0.4, 0.5) is 0 Å². The zero-order valence-electron chi connectivity index (χ0n) is 22.5. The number of hydrogen-bond acceptors (Lipinski definition) is 4. The van der Waals surface area contributed by atoms with E-state index in [1.54, 1.807) is 11.8 Å². The summed E-state index contributed by atoms with van der Waals surface area (Å²) in [5, 5.41) is 14.7. The van der Waals surface area contributed by atoms with Crippen LogP contribution in [0.5, 0.6) is 0 Å². The van der Waals surface area contributed by atoms with Crippen molar-refractivity contribution in [1.82, 2.24) is 10.3 Å². The van der Waals surface area contributed by atoms with Crippen LogP contribution in [0.2, 0.25) is 0 Å². The molecule has 0 spiro atoms. The molecule has 1 amide bonds. The quantitative estimate of drug-likeness (QED) is 0.323. The maximum Gasteiger partial charge on any atom is 1.00 e. The number of carboxylic acid groups (broad SMARTS) is 1. The molecule has 37 heavy (non-hydrogen) atoms. The number of hydrogen-bond donors (Lipinski definition) is 2. The van der Waals surface area contributed by atoms with Crippen molar-refractivity contribution in [2.75, 3.05) is 12.0 Å². The van der Waals surface area contributed by atoms with E-state index in [-0.39, 0.29) is 26.2 Å². The average molecular weight is 507 g/mol. The molecule has 0 saturated carbocycles. The van der Waals surface area contributed by atoms with Crippen molar-refractivity contribution in [1.29, 1.82) is 0 Å². The Morgan fingerprint density at radius 1 is 1.00 bits per heavy atom. The van der Waals surface area contributed by atoms with Crippen molar-refractivity contribution in [3.63, 3.8) is 0 Å². The predicted molar refractivity (Wildman–Crippen MR) is 149 cm³/mol. The van der Waals surface area contributed by atoms with Crippen LogP contribution in [-0.2, 0) is 17.6 Å². The summed E-state index contributed by atoms with van der Waals surface area (Å²) >= 11 is 1.56. The summed E-state index contributed by atoms with van der Waals surface area (Å²) in [6.07, 6.45) is 7.72. The van der Waals surface area contributed by atoms with Gasteiger partial charge in [0.15, 0.2) is 0 Å². The molecular formula is C30H31LiN2O3S. The minimum atomic E-state index is -1.02. The van der Waals surface area contributed by atoms with E-state index in [0.717, 1.165) is 40.5 Å². The van der Waals surface area contributed by atoms with Gasteiger partial charge in [0, 0.05) is 23.3 Å². The van der Waals surface area contributed by atoms with E-state index in [9.17, 15) is 14.7 Å². The summed E-state index contributed by atoms with van der Waals surface area (Å²) in [7, 11) is 0. The van der Waals surface area contributed by atoms with Gasteiger partial charge in [-0.25, -0.2) is 4.79 Å². The molecule has 0 unspecified atom stereocenters. The topological polar surface area (TPSA) is 79.3 Å². The second-order valence-electron chi connectivity index (χ2n) is 8.86.